The fourth-order valence-electron chi connectivity index (χ4n) is 4.16. The van der Waals surface area contributed by atoms with E-state index in [4.69, 9.17) is 14.5 Å². The molecule has 8 heteroatoms. The number of fused-ring (bicyclic) bond motifs is 1. The summed E-state index contributed by atoms with van der Waals surface area (Å²) < 4.78 is 11.6. The molecular weight excluding hydrogens is 376 g/mol. The number of carbonyl (C=O) groups excluding carboxylic acids is 1. The maximum atomic E-state index is 13.3. The lowest BCUT2D eigenvalue weighted by molar-refractivity contribution is -0.181. The molecule has 0 aromatic carbocycles. The minimum absolute atomic E-state index is 0.0801. The van der Waals surface area contributed by atoms with Crippen molar-refractivity contribution in [2.24, 2.45) is 0 Å². The molecule has 2 fully saturated rings. The number of rotatable bonds is 4. The van der Waals surface area contributed by atoms with Crippen molar-refractivity contribution in [2.75, 3.05) is 44.3 Å². The number of hydrogen-bond donors (Lipinski definition) is 0. The second-order valence-electron chi connectivity index (χ2n) is 7.40. The highest BCUT2D eigenvalue weighted by Crippen LogP contribution is 2.37. The number of carbonyl (C=O) groups is 1. The van der Waals surface area contributed by atoms with Crippen LogP contribution in [0, 0.1) is 13.8 Å². The summed E-state index contributed by atoms with van der Waals surface area (Å²) >= 11 is 1.48. The smallest absolute Gasteiger partial charge is 0.264 e. The third-order valence-corrected chi connectivity index (χ3v) is 6.94. The van der Waals surface area contributed by atoms with Gasteiger partial charge in [-0.25, -0.2) is 9.97 Å². The molecular formula is C20H28N4O3S. The number of nitrogens with zero attached hydrogens (tertiary/aromatic N) is 4. The molecule has 0 unspecified atom stereocenters. The van der Waals surface area contributed by atoms with Gasteiger partial charge in [-0.15, -0.1) is 11.3 Å². The Bertz CT molecular complexity index is 877. The van der Waals surface area contributed by atoms with Crippen LogP contribution in [0.15, 0.2) is 0 Å². The van der Waals surface area contributed by atoms with Crippen LogP contribution in [-0.2, 0) is 9.47 Å². The number of likely N-dealkylation sites (tertiary alicyclic amines) is 1. The van der Waals surface area contributed by atoms with Gasteiger partial charge >= 0.3 is 0 Å². The molecule has 0 saturated carbocycles. The molecule has 2 saturated heterocycles. The van der Waals surface area contributed by atoms with Gasteiger partial charge in [-0.3, -0.25) is 4.79 Å². The SMILES string of the molecule is CCN(CC)c1nc(C)nc2sc(C(=O)N3CCC4(CC3)OCCO4)c(C)c12. The standard InChI is InChI=1S/C20H28N4O3S/c1-5-23(6-2)17-15-13(3)16(28-18(15)22-14(4)21-17)19(25)24-9-7-20(8-10-24)26-11-12-27-20/h5-12H2,1-4H3. The molecule has 152 valence electrons. The normalized spacial score (nSPS) is 18.9. The zero-order valence-corrected chi connectivity index (χ0v) is 17.9. The summed E-state index contributed by atoms with van der Waals surface area (Å²) in [5.74, 6) is 1.29. The molecule has 7 nitrogen and oxygen atoms in total. The third-order valence-electron chi connectivity index (χ3n) is 5.77. The summed E-state index contributed by atoms with van der Waals surface area (Å²) in [5, 5.41) is 1.01. The lowest BCUT2D eigenvalue weighted by Gasteiger charge is -2.37. The molecule has 1 amide bonds. The zero-order chi connectivity index (χ0) is 19.9. The zero-order valence-electron chi connectivity index (χ0n) is 17.1. The van der Waals surface area contributed by atoms with Gasteiger partial charge in [0.15, 0.2) is 5.79 Å². The second-order valence-corrected chi connectivity index (χ2v) is 8.40. The molecule has 2 aromatic rings. The van der Waals surface area contributed by atoms with Gasteiger partial charge in [-0.1, -0.05) is 0 Å². The minimum atomic E-state index is -0.468. The van der Waals surface area contributed by atoms with E-state index < -0.39 is 5.79 Å². The largest absolute Gasteiger partial charge is 0.357 e. The van der Waals surface area contributed by atoms with Crippen molar-refractivity contribution in [2.45, 2.75) is 46.3 Å². The van der Waals surface area contributed by atoms with Crippen molar-refractivity contribution in [3.8, 4) is 0 Å². The van der Waals surface area contributed by atoms with Crippen molar-refractivity contribution in [3.05, 3.63) is 16.3 Å². The number of hydrogen-bond acceptors (Lipinski definition) is 7. The van der Waals surface area contributed by atoms with Crippen molar-refractivity contribution in [1.82, 2.24) is 14.9 Å². The highest BCUT2D eigenvalue weighted by molar-refractivity contribution is 7.20. The monoisotopic (exact) mass is 404 g/mol. The van der Waals surface area contributed by atoms with Gasteiger partial charge in [0.25, 0.3) is 5.91 Å². The lowest BCUT2D eigenvalue weighted by Crippen LogP contribution is -2.47. The molecule has 2 aliphatic heterocycles. The number of aromatic nitrogens is 2. The Morgan fingerprint density at radius 3 is 2.39 bits per heavy atom. The maximum absolute atomic E-state index is 13.3. The highest BCUT2D eigenvalue weighted by Gasteiger charge is 2.41. The van der Waals surface area contributed by atoms with Crippen LogP contribution in [0.1, 0.15) is 47.7 Å². The van der Waals surface area contributed by atoms with Crippen LogP contribution in [0.4, 0.5) is 5.82 Å². The summed E-state index contributed by atoms with van der Waals surface area (Å²) in [5.41, 5.74) is 0.987. The lowest BCUT2D eigenvalue weighted by atomic mass is 10.0. The van der Waals surface area contributed by atoms with Crippen LogP contribution in [0.25, 0.3) is 10.2 Å². The van der Waals surface area contributed by atoms with E-state index >= 15 is 0 Å². The summed E-state index contributed by atoms with van der Waals surface area (Å²) in [6, 6.07) is 0. The van der Waals surface area contributed by atoms with Gasteiger partial charge in [0.1, 0.15) is 16.5 Å². The van der Waals surface area contributed by atoms with Gasteiger partial charge in [0.05, 0.1) is 23.5 Å². The van der Waals surface area contributed by atoms with Crippen molar-refractivity contribution in [3.63, 3.8) is 0 Å². The fourth-order valence-corrected chi connectivity index (χ4v) is 5.35. The van der Waals surface area contributed by atoms with Gasteiger partial charge < -0.3 is 19.3 Å². The van der Waals surface area contributed by atoms with Gasteiger partial charge in [0.2, 0.25) is 0 Å². The van der Waals surface area contributed by atoms with E-state index in [1.165, 1.54) is 11.3 Å². The minimum Gasteiger partial charge on any atom is -0.357 e. The summed E-state index contributed by atoms with van der Waals surface area (Å²) in [6.45, 7) is 12.5. The molecule has 0 N–H and O–H groups in total. The van der Waals surface area contributed by atoms with Gasteiger partial charge in [-0.2, -0.15) is 0 Å². The Morgan fingerprint density at radius 1 is 1.14 bits per heavy atom. The first-order chi connectivity index (χ1) is 13.5. The van der Waals surface area contributed by atoms with Crippen LogP contribution >= 0.6 is 11.3 Å². The molecule has 2 aromatic heterocycles. The van der Waals surface area contributed by atoms with Gasteiger partial charge in [-0.05, 0) is 33.3 Å². The Kier molecular flexibility index (Phi) is 5.28. The first-order valence-electron chi connectivity index (χ1n) is 10.1. The Morgan fingerprint density at radius 2 is 1.79 bits per heavy atom. The number of piperidine rings is 1. The molecule has 4 heterocycles. The molecule has 0 atom stereocenters. The number of anilines is 1. The highest BCUT2D eigenvalue weighted by atomic mass is 32.1. The predicted octanol–water partition coefficient (Wildman–Crippen LogP) is 3.13. The number of amides is 1. The molecule has 2 aliphatic rings. The third kappa shape index (κ3) is 3.27. The molecule has 1 spiro atoms. The Hall–Kier alpha value is -1.77. The van der Waals surface area contributed by atoms with Crippen LogP contribution in [0.3, 0.4) is 0 Å². The van der Waals surface area contributed by atoms with Gasteiger partial charge in [0, 0.05) is 39.0 Å². The first-order valence-corrected chi connectivity index (χ1v) is 10.9. The van der Waals surface area contributed by atoms with E-state index in [2.05, 4.69) is 23.7 Å². The molecule has 0 aliphatic carbocycles. The van der Waals surface area contributed by atoms with Crippen LogP contribution < -0.4 is 4.90 Å². The maximum Gasteiger partial charge on any atom is 0.264 e. The summed E-state index contributed by atoms with van der Waals surface area (Å²) in [4.78, 5) is 28.4. The Balaban J connectivity index is 1.65. The average Bonchev–Trinajstić information content (AvgIpc) is 3.27. The Labute approximate surface area is 169 Å². The molecule has 4 rings (SSSR count). The fraction of sp³-hybridized carbons (Fsp3) is 0.650. The topological polar surface area (TPSA) is 67.8 Å². The van der Waals surface area contributed by atoms with E-state index in [1.54, 1.807) is 0 Å². The number of aryl methyl sites for hydroxylation is 2. The van der Waals surface area contributed by atoms with E-state index in [0.29, 0.717) is 26.3 Å². The van der Waals surface area contributed by atoms with E-state index in [9.17, 15) is 4.79 Å². The van der Waals surface area contributed by atoms with Crippen molar-refractivity contribution < 1.29 is 14.3 Å². The van der Waals surface area contributed by atoms with Crippen molar-refractivity contribution in [1.29, 1.82) is 0 Å². The second kappa shape index (κ2) is 7.57. The predicted molar refractivity (Wildman–Crippen MR) is 110 cm³/mol. The molecule has 0 bridgehead atoms. The van der Waals surface area contributed by atoms with Crippen LogP contribution in [0.5, 0.6) is 0 Å². The molecule has 28 heavy (non-hydrogen) atoms. The summed E-state index contributed by atoms with van der Waals surface area (Å²) in [7, 11) is 0. The van der Waals surface area contributed by atoms with E-state index in [-0.39, 0.29) is 5.91 Å². The quantitative estimate of drug-likeness (QED) is 0.780. The number of thiophene rings is 1. The number of ether oxygens (including phenoxy) is 2. The van der Waals surface area contributed by atoms with Crippen LogP contribution in [0.2, 0.25) is 0 Å². The van der Waals surface area contributed by atoms with Crippen molar-refractivity contribution >= 4 is 33.3 Å². The van der Waals surface area contributed by atoms with Crippen LogP contribution in [-0.4, -0.2) is 66.0 Å². The average molecular weight is 405 g/mol. The first kappa shape index (κ1) is 19.5. The van der Waals surface area contributed by atoms with E-state index in [0.717, 1.165) is 58.2 Å². The summed E-state index contributed by atoms with van der Waals surface area (Å²) in [6.07, 6.45) is 1.46. The molecule has 0 radical (unpaired) electrons. The van der Waals surface area contributed by atoms with E-state index in [1.807, 2.05) is 18.7 Å².